The molecule has 0 bridgehead atoms. The summed E-state index contributed by atoms with van der Waals surface area (Å²) >= 11 is 0. The summed E-state index contributed by atoms with van der Waals surface area (Å²) in [5.74, 6) is 0.482. The number of aromatic hydroxyl groups is 1. The lowest BCUT2D eigenvalue weighted by molar-refractivity contribution is 0.104. The molecule has 0 atom stereocenters. The molecule has 0 aliphatic carbocycles. The first-order valence-electron chi connectivity index (χ1n) is 6.97. The highest BCUT2D eigenvalue weighted by atomic mass is 16.5. The van der Waals surface area contributed by atoms with E-state index in [4.69, 9.17) is 13.6 Å². The highest BCUT2D eigenvalue weighted by molar-refractivity contribution is 6.20. The summed E-state index contributed by atoms with van der Waals surface area (Å²) in [5.41, 5.74) is 1.94. The van der Waals surface area contributed by atoms with Crippen molar-refractivity contribution in [1.82, 2.24) is 0 Å². The number of furan rings is 2. The van der Waals surface area contributed by atoms with Gasteiger partial charge in [0.1, 0.15) is 35.2 Å². The van der Waals surface area contributed by atoms with E-state index in [2.05, 4.69) is 0 Å². The average Bonchev–Trinajstić information content (AvgIpc) is 3.17. The minimum absolute atomic E-state index is 0.0756. The van der Waals surface area contributed by atoms with Crippen molar-refractivity contribution in [3.05, 3.63) is 60.1 Å². The van der Waals surface area contributed by atoms with Crippen molar-refractivity contribution in [1.29, 1.82) is 0 Å². The van der Waals surface area contributed by atoms with Gasteiger partial charge >= 0.3 is 0 Å². The molecule has 0 spiro atoms. The predicted molar refractivity (Wildman–Crippen MR) is 84.1 cm³/mol. The van der Waals surface area contributed by atoms with Gasteiger partial charge in [-0.1, -0.05) is 0 Å². The Morgan fingerprint density at radius 3 is 2.22 bits per heavy atom. The van der Waals surface area contributed by atoms with E-state index in [0.717, 1.165) is 0 Å². The quantitative estimate of drug-likeness (QED) is 0.576. The summed E-state index contributed by atoms with van der Waals surface area (Å²) < 4.78 is 16.0. The Balaban J connectivity index is 1.89. The molecule has 4 rings (SSSR count). The van der Waals surface area contributed by atoms with Crippen molar-refractivity contribution in [2.75, 3.05) is 7.11 Å². The lowest BCUT2D eigenvalue weighted by Crippen LogP contribution is -1.99. The number of carbonyl (C=O) groups excluding carboxylic acids is 1. The summed E-state index contributed by atoms with van der Waals surface area (Å²) in [6.45, 7) is 0. The molecule has 0 radical (unpaired) electrons. The molecule has 0 aliphatic heterocycles. The standard InChI is InChI=1S/C18H12O5/c1-21-11-3-5-17-13(7-11)15(9-23-17)18(20)14-8-22-16-4-2-10(19)6-12(14)16/h2-9,19H,1H3. The van der Waals surface area contributed by atoms with E-state index in [1.54, 1.807) is 31.4 Å². The molecule has 0 amide bonds. The molecule has 0 unspecified atom stereocenters. The van der Waals surface area contributed by atoms with Crippen LogP contribution in [-0.2, 0) is 0 Å². The van der Waals surface area contributed by atoms with Gasteiger partial charge in [0.25, 0.3) is 0 Å². The number of rotatable bonds is 3. The molecule has 0 saturated heterocycles. The van der Waals surface area contributed by atoms with E-state index < -0.39 is 0 Å². The zero-order chi connectivity index (χ0) is 16.0. The van der Waals surface area contributed by atoms with Crippen molar-refractivity contribution in [2.24, 2.45) is 0 Å². The second-order valence-electron chi connectivity index (χ2n) is 5.17. The van der Waals surface area contributed by atoms with Crippen molar-refractivity contribution in [3.63, 3.8) is 0 Å². The maximum Gasteiger partial charge on any atom is 0.200 e. The van der Waals surface area contributed by atoms with E-state index in [1.807, 2.05) is 0 Å². The zero-order valence-electron chi connectivity index (χ0n) is 12.2. The van der Waals surface area contributed by atoms with Crippen molar-refractivity contribution in [3.8, 4) is 11.5 Å². The molecule has 114 valence electrons. The third-order valence-corrected chi connectivity index (χ3v) is 3.83. The van der Waals surface area contributed by atoms with Gasteiger partial charge < -0.3 is 18.7 Å². The number of fused-ring (bicyclic) bond motifs is 2. The van der Waals surface area contributed by atoms with Crippen LogP contribution in [-0.4, -0.2) is 18.0 Å². The molecule has 0 fully saturated rings. The fourth-order valence-corrected chi connectivity index (χ4v) is 2.65. The molecule has 4 aromatic rings. The van der Waals surface area contributed by atoms with Crippen LogP contribution < -0.4 is 4.74 Å². The van der Waals surface area contributed by atoms with Crippen LogP contribution >= 0.6 is 0 Å². The second-order valence-corrected chi connectivity index (χ2v) is 5.17. The van der Waals surface area contributed by atoms with Gasteiger partial charge in [-0.15, -0.1) is 0 Å². The van der Waals surface area contributed by atoms with Crippen LogP contribution in [0.15, 0.2) is 57.8 Å². The van der Waals surface area contributed by atoms with Crippen LogP contribution in [0.5, 0.6) is 11.5 Å². The minimum Gasteiger partial charge on any atom is -0.508 e. The molecule has 2 aromatic heterocycles. The lowest BCUT2D eigenvalue weighted by Gasteiger charge is -2.00. The minimum atomic E-state index is -0.235. The Morgan fingerprint density at radius 1 is 0.957 bits per heavy atom. The fraction of sp³-hybridized carbons (Fsp3) is 0.0556. The largest absolute Gasteiger partial charge is 0.508 e. The van der Waals surface area contributed by atoms with E-state index in [0.29, 0.717) is 38.8 Å². The van der Waals surface area contributed by atoms with Gasteiger partial charge in [0.05, 0.1) is 18.2 Å². The van der Waals surface area contributed by atoms with Crippen molar-refractivity contribution < 1.29 is 23.5 Å². The van der Waals surface area contributed by atoms with Gasteiger partial charge in [-0.25, -0.2) is 0 Å². The molecule has 0 saturated carbocycles. The van der Waals surface area contributed by atoms with Crippen LogP contribution in [0.4, 0.5) is 0 Å². The lowest BCUT2D eigenvalue weighted by atomic mass is 10.0. The summed E-state index contributed by atoms with van der Waals surface area (Å²) in [6, 6.07) is 9.92. The molecule has 0 aliphatic rings. The summed E-state index contributed by atoms with van der Waals surface area (Å²) in [6.07, 6.45) is 2.82. The normalized spacial score (nSPS) is 11.2. The van der Waals surface area contributed by atoms with Crippen LogP contribution in [0.2, 0.25) is 0 Å². The Hall–Kier alpha value is -3.21. The molecular weight excluding hydrogens is 296 g/mol. The SMILES string of the molecule is COc1ccc2occ(C(=O)c3coc4ccc(O)cc34)c2c1. The number of methoxy groups -OCH3 is 1. The smallest absolute Gasteiger partial charge is 0.200 e. The van der Waals surface area contributed by atoms with Gasteiger partial charge in [-0.05, 0) is 36.4 Å². The first-order chi connectivity index (χ1) is 11.2. The monoisotopic (exact) mass is 308 g/mol. The number of carbonyl (C=O) groups is 1. The fourth-order valence-electron chi connectivity index (χ4n) is 2.65. The molecule has 5 heteroatoms. The number of benzene rings is 2. The topological polar surface area (TPSA) is 72.8 Å². The molecular formula is C18H12O5. The van der Waals surface area contributed by atoms with E-state index in [9.17, 15) is 9.90 Å². The predicted octanol–water partition coefficient (Wildman–Crippen LogP) is 4.12. The van der Waals surface area contributed by atoms with Crippen LogP contribution in [0, 0.1) is 0 Å². The second kappa shape index (κ2) is 4.91. The summed E-state index contributed by atoms with van der Waals surface area (Å²) in [7, 11) is 1.56. The van der Waals surface area contributed by atoms with Crippen molar-refractivity contribution >= 4 is 27.7 Å². The van der Waals surface area contributed by atoms with Crippen LogP contribution in [0.1, 0.15) is 15.9 Å². The number of hydrogen-bond acceptors (Lipinski definition) is 5. The third kappa shape index (κ3) is 2.05. The number of ether oxygens (including phenoxy) is 1. The third-order valence-electron chi connectivity index (χ3n) is 3.83. The Morgan fingerprint density at radius 2 is 1.57 bits per heavy atom. The Labute approximate surface area is 130 Å². The number of phenols is 1. The van der Waals surface area contributed by atoms with Crippen LogP contribution in [0.3, 0.4) is 0 Å². The first-order valence-corrected chi connectivity index (χ1v) is 6.97. The van der Waals surface area contributed by atoms with Gasteiger partial charge in [0.2, 0.25) is 5.78 Å². The molecule has 5 nitrogen and oxygen atoms in total. The maximum absolute atomic E-state index is 12.9. The van der Waals surface area contributed by atoms with Gasteiger partial charge in [0, 0.05) is 10.8 Å². The maximum atomic E-state index is 12.9. The molecule has 23 heavy (non-hydrogen) atoms. The van der Waals surface area contributed by atoms with E-state index >= 15 is 0 Å². The molecule has 2 heterocycles. The van der Waals surface area contributed by atoms with E-state index in [-0.39, 0.29) is 11.5 Å². The van der Waals surface area contributed by atoms with E-state index in [1.165, 1.54) is 24.7 Å². The summed E-state index contributed by atoms with van der Waals surface area (Å²) in [4.78, 5) is 12.9. The van der Waals surface area contributed by atoms with Gasteiger partial charge in [0.15, 0.2) is 0 Å². The highest BCUT2D eigenvalue weighted by Crippen LogP contribution is 2.31. The average molecular weight is 308 g/mol. The Kier molecular flexibility index (Phi) is 2.87. The van der Waals surface area contributed by atoms with Gasteiger partial charge in [-0.2, -0.15) is 0 Å². The zero-order valence-corrected chi connectivity index (χ0v) is 12.2. The molecule has 2 aromatic carbocycles. The number of ketones is 1. The van der Waals surface area contributed by atoms with Gasteiger partial charge in [-0.3, -0.25) is 4.79 Å². The number of phenolic OH excluding ortho intramolecular Hbond substituents is 1. The van der Waals surface area contributed by atoms with Crippen LogP contribution in [0.25, 0.3) is 21.9 Å². The highest BCUT2D eigenvalue weighted by Gasteiger charge is 2.20. The van der Waals surface area contributed by atoms with Crippen molar-refractivity contribution in [2.45, 2.75) is 0 Å². The number of hydrogen-bond donors (Lipinski definition) is 1. The summed E-state index contributed by atoms with van der Waals surface area (Å²) in [5, 5.41) is 10.9. The Bertz CT molecular complexity index is 1040. The first kappa shape index (κ1) is 13.5. The molecule has 1 N–H and O–H groups in total.